The quantitative estimate of drug-likeness (QED) is 0.0605. The topological polar surface area (TPSA) is 68.9 Å². The van der Waals surface area contributed by atoms with Crippen LogP contribution in [0.2, 0.25) is 0 Å². The molecule has 6 heteroatoms. The maximum atomic E-state index is 13.0. The molecule has 3 aromatic carbocycles. The summed E-state index contributed by atoms with van der Waals surface area (Å²) in [6, 6.07) is 23.3. The lowest BCUT2D eigenvalue weighted by atomic mass is 10.0. The molecule has 0 saturated heterocycles. The van der Waals surface area contributed by atoms with Gasteiger partial charge in [0, 0.05) is 27.7 Å². The maximum absolute atomic E-state index is 13.0. The van der Waals surface area contributed by atoms with Gasteiger partial charge in [0.15, 0.2) is 5.76 Å². The molecule has 5 nitrogen and oxygen atoms in total. The van der Waals surface area contributed by atoms with Crippen LogP contribution in [0.15, 0.2) is 92.2 Å². The molecular weight excluding hydrogens is 494 g/mol. The summed E-state index contributed by atoms with van der Waals surface area (Å²) in [6.07, 6.45) is 6.55. The van der Waals surface area contributed by atoms with Gasteiger partial charge in [0.25, 0.3) is 0 Å². The molecule has 0 saturated carbocycles. The van der Waals surface area contributed by atoms with Gasteiger partial charge in [-0.25, -0.2) is 4.79 Å². The standard InChI is InChI=1S/C32H33NO4S/c1-4-5-6-7-8-9-29(33-37-23(3)34)24-11-15-27(16-12-24)38-28-17-13-25(14-18-28)32(35)31-21-26-20-22(2)10-19-30(26)36-31/h10-21H,4-9H2,1-3H3. The molecule has 0 spiro atoms. The van der Waals surface area contributed by atoms with Crippen molar-refractivity contribution in [1.29, 1.82) is 0 Å². The fourth-order valence-electron chi connectivity index (χ4n) is 4.20. The number of carbonyl (C=O) groups is 2. The Hall–Kier alpha value is -3.64. The van der Waals surface area contributed by atoms with Gasteiger partial charge in [-0.2, -0.15) is 0 Å². The zero-order chi connectivity index (χ0) is 26.9. The second-order valence-electron chi connectivity index (χ2n) is 9.42. The molecule has 0 radical (unpaired) electrons. The first-order chi connectivity index (χ1) is 18.4. The minimum Gasteiger partial charge on any atom is -0.453 e. The van der Waals surface area contributed by atoms with Crippen molar-refractivity contribution in [2.24, 2.45) is 5.16 Å². The van der Waals surface area contributed by atoms with Crippen LogP contribution in [-0.2, 0) is 9.63 Å². The number of furan rings is 1. The first kappa shape index (κ1) is 27.4. The van der Waals surface area contributed by atoms with E-state index in [1.807, 2.05) is 73.7 Å². The number of hydrogen-bond donors (Lipinski definition) is 0. The Morgan fingerprint density at radius 1 is 0.842 bits per heavy atom. The summed E-state index contributed by atoms with van der Waals surface area (Å²) in [6.45, 7) is 5.58. The summed E-state index contributed by atoms with van der Waals surface area (Å²) in [5.41, 5.74) is 4.17. The minimum absolute atomic E-state index is 0.131. The first-order valence-electron chi connectivity index (χ1n) is 13.1. The summed E-state index contributed by atoms with van der Waals surface area (Å²) >= 11 is 1.61. The van der Waals surface area contributed by atoms with E-state index in [4.69, 9.17) is 9.25 Å². The highest BCUT2D eigenvalue weighted by Crippen LogP contribution is 2.29. The largest absolute Gasteiger partial charge is 0.453 e. The van der Waals surface area contributed by atoms with E-state index in [-0.39, 0.29) is 5.78 Å². The maximum Gasteiger partial charge on any atom is 0.331 e. The van der Waals surface area contributed by atoms with Crippen molar-refractivity contribution >= 4 is 40.2 Å². The molecule has 4 aromatic rings. The second kappa shape index (κ2) is 13.2. The highest BCUT2D eigenvalue weighted by molar-refractivity contribution is 7.99. The number of benzene rings is 3. The van der Waals surface area contributed by atoms with E-state index in [0.29, 0.717) is 16.9 Å². The molecule has 0 aliphatic heterocycles. The number of rotatable bonds is 12. The van der Waals surface area contributed by atoms with Gasteiger partial charge in [-0.15, -0.1) is 0 Å². The normalized spacial score (nSPS) is 11.6. The first-order valence-corrected chi connectivity index (χ1v) is 13.9. The lowest BCUT2D eigenvalue weighted by molar-refractivity contribution is -0.140. The lowest BCUT2D eigenvalue weighted by Crippen LogP contribution is -2.04. The van der Waals surface area contributed by atoms with Crippen LogP contribution < -0.4 is 0 Å². The molecule has 0 bridgehead atoms. The van der Waals surface area contributed by atoms with E-state index >= 15 is 0 Å². The molecule has 0 amide bonds. The molecule has 0 unspecified atom stereocenters. The number of hydrogen-bond acceptors (Lipinski definition) is 6. The number of nitrogens with zero attached hydrogens (tertiary/aromatic N) is 1. The van der Waals surface area contributed by atoms with Crippen LogP contribution >= 0.6 is 11.8 Å². The van der Waals surface area contributed by atoms with Gasteiger partial charge in [-0.1, -0.05) is 73.3 Å². The van der Waals surface area contributed by atoms with Gasteiger partial charge in [0.05, 0.1) is 5.71 Å². The van der Waals surface area contributed by atoms with E-state index in [9.17, 15) is 9.59 Å². The van der Waals surface area contributed by atoms with Crippen molar-refractivity contribution in [3.63, 3.8) is 0 Å². The van der Waals surface area contributed by atoms with Gasteiger partial charge in [0.2, 0.25) is 5.78 Å². The van der Waals surface area contributed by atoms with Gasteiger partial charge >= 0.3 is 5.97 Å². The van der Waals surface area contributed by atoms with Crippen molar-refractivity contribution in [3.8, 4) is 0 Å². The molecule has 0 atom stereocenters. The summed E-state index contributed by atoms with van der Waals surface area (Å²) in [7, 11) is 0. The fraction of sp³-hybridized carbons (Fsp3) is 0.281. The number of unbranched alkanes of at least 4 members (excludes halogenated alkanes) is 4. The summed E-state index contributed by atoms with van der Waals surface area (Å²) < 4.78 is 5.78. The predicted octanol–water partition coefficient (Wildman–Crippen LogP) is 8.75. The van der Waals surface area contributed by atoms with Crippen molar-refractivity contribution in [3.05, 3.63) is 95.2 Å². The van der Waals surface area contributed by atoms with Crippen LogP contribution in [0.1, 0.15) is 79.6 Å². The summed E-state index contributed by atoms with van der Waals surface area (Å²) in [5.74, 6) is -0.203. The van der Waals surface area contributed by atoms with Gasteiger partial charge < -0.3 is 9.25 Å². The molecular formula is C32H33NO4S. The van der Waals surface area contributed by atoms with Crippen LogP contribution in [0.4, 0.5) is 0 Å². The Kier molecular flexibility index (Phi) is 9.55. The molecule has 38 heavy (non-hydrogen) atoms. The Bertz CT molecular complexity index is 1420. The average molecular weight is 528 g/mol. The molecule has 1 heterocycles. The van der Waals surface area contributed by atoms with Crippen LogP contribution in [0.25, 0.3) is 11.0 Å². The number of fused-ring (bicyclic) bond motifs is 1. The molecule has 0 aliphatic carbocycles. The van der Waals surface area contributed by atoms with Crippen molar-refractivity contribution < 1.29 is 18.8 Å². The van der Waals surface area contributed by atoms with Crippen molar-refractivity contribution in [2.45, 2.75) is 69.1 Å². The fourth-order valence-corrected chi connectivity index (χ4v) is 5.02. The third-order valence-electron chi connectivity index (χ3n) is 6.24. The molecule has 4 rings (SSSR count). The van der Waals surface area contributed by atoms with E-state index in [1.54, 1.807) is 17.8 Å². The number of aryl methyl sites for hydroxylation is 1. The Morgan fingerprint density at radius 2 is 1.50 bits per heavy atom. The third-order valence-corrected chi connectivity index (χ3v) is 7.25. The Balaban J connectivity index is 1.40. The molecule has 0 aliphatic rings. The smallest absolute Gasteiger partial charge is 0.331 e. The Morgan fingerprint density at radius 3 is 2.16 bits per heavy atom. The zero-order valence-corrected chi connectivity index (χ0v) is 23.0. The third kappa shape index (κ3) is 7.45. The van der Waals surface area contributed by atoms with E-state index in [0.717, 1.165) is 51.3 Å². The van der Waals surface area contributed by atoms with E-state index in [2.05, 4.69) is 12.1 Å². The minimum atomic E-state index is -0.419. The molecule has 0 fully saturated rings. The zero-order valence-electron chi connectivity index (χ0n) is 22.2. The monoisotopic (exact) mass is 527 g/mol. The number of ketones is 1. The van der Waals surface area contributed by atoms with Gasteiger partial charge in [-0.05, 0) is 79.9 Å². The summed E-state index contributed by atoms with van der Waals surface area (Å²) in [5, 5.41) is 5.05. The van der Waals surface area contributed by atoms with Crippen LogP contribution in [0.5, 0.6) is 0 Å². The SMILES string of the molecule is CCCCCCCC(=NOC(C)=O)c1ccc(Sc2ccc(C(=O)c3cc4cc(C)ccc4o3)cc2)cc1. The van der Waals surface area contributed by atoms with Crippen molar-refractivity contribution in [1.82, 2.24) is 0 Å². The number of carbonyl (C=O) groups excluding carboxylic acids is 2. The summed E-state index contributed by atoms with van der Waals surface area (Å²) in [4.78, 5) is 31.3. The average Bonchev–Trinajstić information content (AvgIpc) is 3.34. The molecule has 1 aromatic heterocycles. The second-order valence-corrected chi connectivity index (χ2v) is 10.6. The van der Waals surface area contributed by atoms with Crippen LogP contribution in [0.3, 0.4) is 0 Å². The van der Waals surface area contributed by atoms with Gasteiger partial charge in [0.1, 0.15) is 5.58 Å². The highest BCUT2D eigenvalue weighted by atomic mass is 32.2. The van der Waals surface area contributed by atoms with Crippen LogP contribution in [-0.4, -0.2) is 17.5 Å². The Labute approximate surface area is 228 Å². The number of oxime groups is 1. The van der Waals surface area contributed by atoms with Crippen molar-refractivity contribution in [2.75, 3.05) is 0 Å². The molecule has 0 N–H and O–H groups in total. The van der Waals surface area contributed by atoms with E-state index in [1.165, 1.54) is 26.2 Å². The predicted molar refractivity (Wildman–Crippen MR) is 153 cm³/mol. The van der Waals surface area contributed by atoms with Crippen LogP contribution in [0, 0.1) is 6.92 Å². The van der Waals surface area contributed by atoms with Gasteiger partial charge in [-0.3, -0.25) is 4.79 Å². The highest BCUT2D eigenvalue weighted by Gasteiger charge is 2.15. The molecule has 196 valence electrons. The lowest BCUT2D eigenvalue weighted by Gasteiger charge is -2.08. The van der Waals surface area contributed by atoms with E-state index < -0.39 is 5.97 Å².